The molecule has 0 N–H and O–H groups in total. The minimum atomic E-state index is -0.685. The predicted octanol–water partition coefficient (Wildman–Crippen LogP) is 6.10. The second-order valence-corrected chi connectivity index (χ2v) is 9.24. The third kappa shape index (κ3) is 4.44. The number of benzene rings is 3. The van der Waals surface area contributed by atoms with Crippen LogP contribution in [0.3, 0.4) is 0 Å². The Kier molecular flexibility index (Phi) is 6.12. The molecule has 3 aromatic carbocycles. The van der Waals surface area contributed by atoms with Gasteiger partial charge >= 0.3 is 0 Å². The van der Waals surface area contributed by atoms with Crippen LogP contribution in [0.2, 0.25) is 0 Å². The second kappa shape index (κ2) is 9.37. The maximum absolute atomic E-state index is 14.0. The van der Waals surface area contributed by atoms with Crippen molar-refractivity contribution in [1.82, 2.24) is 4.90 Å². The van der Waals surface area contributed by atoms with E-state index in [4.69, 9.17) is 9.15 Å². The second-order valence-electron chi connectivity index (χ2n) is 9.24. The lowest BCUT2D eigenvalue weighted by molar-refractivity contribution is 0.0714. The van der Waals surface area contributed by atoms with E-state index in [1.807, 2.05) is 54.6 Å². The summed E-state index contributed by atoms with van der Waals surface area (Å²) in [7, 11) is 0. The van der Waals surface area contributed by atoms with Crippen molar-refractivity contribution in [3.8, 4) is 5.75 Å². The molecule has 0 aliphatic carbocycles. The lowest BCUT2D eigenvalue weighted by atomic mass is 9.98. The smallest absolute Gasteiger partial charge is 0.291 e. The van der Waals surface area contributed by atoms with E-state index in [-0.39, 0.29) is 34.7 Å². The largest absolute Gasteiger partial charge is 0.494 e. The van der Waals surface area contributed by atoms with Crippen LogP contribution in [0.15, 0.2) is 82.0 Å². The third-order valence-electron chi connectivity index (χ3n) is 6.26. The minimum absolute atomic E-state index is 0.00108. The molecule has 0 saturated carbocycles. The van der Waals surface area contributed by atoms with Gasteiger partial charge in [-0.15, -0.1) is 0 Å². The first-order chi connectivity index (χ1) is 16.9. The van der Waals surface area contributed by atoms with E-state index in [9.17, 15) is 14.0 Å². The molecular weight excluding hydrogens is 445 g/mol. The standard InChI is InChI=1S/C29H26FNO4/c1-18(2)13-14-34-22-10-6-9-20(15-22)26-25-27(32)23-16-21(30)11-12-24(23)35-28(25)29(33)31(26)17-19-7-4-3-5-8-19/h3-12,15-16,18,26H,13-14,17H2,1-2H3. The minimum Gasteiger partial charge on any atom is -0.494 e. The Balaban J connectivity index is 1.63. The highest BCUT2D eigenvalue weighted by molar-refractivity contribution is 5.99. The molecule has 1 atom stereocenters. The number of nitrogens with zero attached hydrogens (tertiary/aromatic N) is 1. The number of rotatable bonds is 7. The molecule has 5 rings (SSSR count). The molecule has 0 bridgehead atoms. The number of carbonyl (C=O) groups excluding carboxylic acids is 1. The lowest BCUT2D eigenvalue weighted by Crippen LogP contribution is -2.29. The summed E-state index contributed by atoms with van der Waals surface area (Å²) in [6.07, 6.45) is 0.913. The fourth-order valence-corrected chi connectivity index (χ4v) is 4.47. The van der Waals surface area contributed by atoms with Gasteiger partial charge in [-0.25, -0.2) is 4.39 Å². The van der Waals surface area contributed by atoms with Crippen molar-refractivity contribution in [3.05, 3.63) is 111 Å². The number of hydrogen-bond acceptors (Lipinski definition) is 4. The molecule has 4 aromatic rings. The Bertz CT molecular complexity index is 1440. The van der Waals surface area contributed by atoms with Gasteiger partial charge in [0.25, 0.3) is 5.91 Å². The summed E-state index contributed by atoms with van der Waals surface area (Å²) in [4.78, 5) is 28.8. The highest BCUT2D eigenvalue weighted by atomic mass is 19.1. The van der Waals surface area contributed by atoms with Crippen LogP contribution in [-0.4, -0.2) is 17.4 Å². The zero-order valence-corrected chi connectivity index (χ0v) is 19.7. The number of ether oxygens (including phenoxy) is 1. The van der Waals surface area contributed by atoms with Crippen molar-refractivity contribution in [2.24, 2.45) is 5.92 Å². The summed E-state index contributed by atoms with van der Waals surface area (Å²) in [5, 5.41) is 0.118. The Hall–Kier alpha value is -3.93. The average Bonchev–Trinajstić information content (AvgIpc) is 3.12. The number of fused-ring (bicyclic) bond motifs is 2. The SMILES string of the molecule is CC(C)CCOc1cccc(C2c3c(oc4ccc(F)cc4c3=O)C(=O)N2Cc2ccccc2)c1. The maximum Gasteiger partial charge on any atom is 0.291 e. The van der Waals surface area contributed by atoms with Crippen LogP contribution in [-0.2, 0) is 6.54 Å². The molecule has 0 saturated heterocycles. The van der Waals surface area contributed by atoms with E-state index in [0.717, 1.165) is 23.6 Å². The number of hydrogen-bond donors (Lipinski definition) is 0. The monoisotopic (exact) mass is 471 g/mol. The van der Waals surface area contributed by atoms with Crippen molar-refractivity contribution in [2.75, 3.05) is 6.61 Å². The van der Waals surface area contributed by atoms with E-state index in [2.05, 4.69) is 13.8 Å². The fraction of sp³-hybridized carbons (Fsp3) is 0.241. The average molecular weight is 472 g/mol. The molecule has 5 nitrogen and oxygen atoms in total. The lowest BCUT2D eigenvalue weighted by Gasteiger charge is -2.25. The Morgan fingerprint density at radius 3 is 2.57 bits per heavy atom. The molecule has 0 radical (unpaired) electrons. The Morgan fingerprint density at radius 2 is 1.80 bits per heavy atom. The topological polar surface area (TPSA) is 59.8 Å². The van der Waals surface area contributed by atoms with Crippen LogP contribution in [0.25, 0.3) is 11.0 Å². The van der Waals surface area contributed by atoms with E-state index in [1.54, 1.807) is 4.90 Å². The van der Waals surface area contributed by atoms with Gasteiger partial charge in [-0.05, 0) is 53.8 Å². The molecule has 1 aliphatic rings. The third-order valence-corrected chi connectivity index (χ3v) is 6.26. The number of carbonyl (C=O) groups is 1. The fourth-order valence-electron chi connectivity index (χ4n) is 4.47. The van der Waals surface area contributed by atoms with Crippen molar-refractivity contribution in [3.63, 3.8) is 0 Å². The molecule has 35 heavy (non-hydrogen) atoms. The molecule has 0 fully saturated rings. The molecule has 0 spiro atoms. The van der Waals surface area contributed by atoms with E-state index in [1.165, 1.54) is 12.1 Å². The summed E-state index contributed by atoms with van der Waals surface area (Å²) < 4.78 is 25.8. The molecule has 178 valence electrons. The van der Waals surface area contributed by atoms with Crippen LogP contribution >= 0.6 is 0 Å². The Labute approximate surface area is 202 Å². The number of amides is 1. The van der Waals surface area contributed by atoms with Crippen molar-refractivity contribution < 1.29 is 18.3 Å². The number of halogens is 1. The molecule has 2 heterocycles. The van der Waals surface area contributed by atoms with E-state index < -0.39 is 17.3 Å². The van der Waals surface area contributed by atoms with Gasteiger partial charge in [0.05, 0.1) is 23.6 Å². The van der Waals surface area contributed by atoms with Gasteiger partial charge in [-0.3, -0.25) is 9.59 Å². The van der Waals surface area contributed by atoms with E-state index >= 15 is 0 Å². The Morgan fingerprint density at radius 1 is 1.00 bits per heavy atom. The maximum atomic E-state index is 14.0. The predicted molar refractivity (Wildman–Crippen MR) is 132 cm³/mol. The first kappa shape index (κ1) is 22.8. The molecule has 6 heteroatoms. The van der Waals surface area contributed by atoms with Gasteiger partial charge in [-0.2, -0.15) is 0 Å². The van der Waals surface area contributed by atoms with Crippen LogP contribution in [0.4, 0.5) is 4.39 Å². The zero-order chi connectivity index (χ0) is 24.5. The normalized spacial score (nSPS) is 15.1. The first-order valence-electron chi connectivity index (χ1n) is 11.8. The first-order valence-corrected chi connectivity index (χ1v) is 11.8. The summed E-state index contributed by atoms with van der Waals surface area (Å²) >= 11 is 0. The molecular formula is C29H26FNO4. The van der Waals surface area contributed by atoms with Crippen LogP contribution in [0.1, 0.15) is 53.6 Å². The van der Waals surface area contributed by atoms with Crippen molar-refractivity contribution in [2.45, 2.75) is 32.9 Å². The van der Waals surface area contributed by atoms with Gasteiger partial charge in [0, 0.05) is 6.54 Å². The molecule has 1 amide bonds. The van der Waals surface area contributed by atoms with E-state index in [0.29, 0.717) is 18.3 Å². The highest BCUT2D eigenvalue weighted by Gasteiger charge is 2.42. The summed E-state index contributed by atoms with van der Waals surface area (Å²) in [6.45, 7) is 5.13. The van der Waals surface area contributed by atoms with Gasteiger partial charge < -0.3 is 14.1 Å². The van der Waals surface area contributed by atoms with Crippen LogP contribution < -0.4 is 10.2 Å². The molecule has 1 aromatic heterocycles. The van der Waals surface area contributed by atoms with Crippen LogP contribution in [0.5, 0.6) is 5.75 Å². The van der Waals surface area contributed by atoms with Gasteiger partial charge in [0.1, 0.15) is 17.1 Å². The molecule has 1 aliphatic heterocycles. The van der Waals surface area contributed by atoms with Gasteiger partial charge in [0.2, 0.25) is 5.76 Å². The summed E-state index contributed by atoms with van der Waals surface area (Å²) in [6, 6.07) is 20.1. The van der Waals surface area contributed by atoms with Crippen LogP contribution in [0, 0.1) is 11.7 Å². The van der Waals surface area contributed by atoms with Gasteiger partial charge in [0.15, 0.2) is 5.43 Å². The van der Waals surface area contributed by atoms with Crippen molar-refractivity contribution in [1.29, 1.82) is 0 Å². The van der Waals surface area contributed by atoms with Gasteiger partial charge in [-0.1, -0.05) is 56.3 Å². The molecule has 1 unspecified atom stereocenters. The summed E-state index contributed by atoms with van der Waals surface area (Å²) in [5.74, 6) is 0.272. The zero-order valence-electron chi connectivity index (χ0n) is 19.7. The van der Waals surface area contributed by atoms with Crippen molar-refractivity contribution >= 4 is 16.9 Å². The quantitative estimate of drug-likeness (QED) is 0.327. The highest BCUT2D eigenvalue weighted by Crippen LogP contribution is 2.40. The summed E-state index contributed by atoms with van der Waals surface area (Å²) in [5.41, 5.74) is 1.67.